The van der Waals surface area contributed by atoms with Crippen LogP contribution in [0.5, 0.6) is 0 Å². The summed E-state index contributed by atoms with van der Waals surface area (Å²) in [4.78, 5) is 53.9. The fraction of sp³-hybridized carbons (Fsp3) is 0.160. The molecule has 9 nitrogen and oxygen atoms in total. The standard InChI is InChI=1S/C25H16F6N2O7/c26-24(27,28)15-5-1-3-13(11-15)22(37)39-18(20(34)33-17-7-9-32-10-8-17)19(21(35)36)40-23(38)14-4-2-6-16(12-14)25(29,30)31/h1-12,18-19H,(H,35,36)(H,32,33,34)/t18-,19-/m0/s1. The van der Waals surface area contributed by atoms with E-state index in [1.807, 2.05) is 0 Å². The molecule has 0 aliphatic rings. The van der Waals surface area contributed by atoms with Gasteiger partial charge >= 0.3 is 30.3 Å². The second kappa shape index (κ2) is 11.8. The van der Waals surface area contributed by atoms with Crippen LogP contribution in [0.25, 0.3) is 0 Å². The average molecular weight is 570 g/mol. The highest BCUT2D eigenvalue weighted by molar-refractivity contribution is 6.01. The van der Waals surface area contributed by atoms with Gasteiger partial charge in [0, 0.05) is 18.1 Å². The molecule has 0 bridgehead atoms. The van der Waals surface area contributed by atoms with Gasteiger partial charge in [-0.15, -0.1) is 0 Å². The first-order valence-corrected chi connectivity index (χ1v) is 10.9. The lowest BCUT2D eigenvalue weighted by atomic mass is 10.1. The van der Waals surface area contributed by atoms with E-state index in [0.29, 0.717) is 24.3 Å². The maximum Gasteiger partial charge on any atom is 0.416 e. The number of hydrogen-bond donors (Lipinski definition) is 2. The molecule has 0 saturated heterocycles. The number of pyridine rings is 1. The fourth-order valence-corrected chi connectivity index (χ4v) is 3.15. The maximum absolute atomic E-state index is 13.1. The van der Waals surface area contributed by atoms with Gasteiger partial charge in [0.1, 0.15) is 0 Å². The Bertz CT molecular complexity index is 1410. The van der Waals surface area contributed by atoms with Gasteiger partial charge in [-0.3, -0.25) is 9.78 Å². The summed E-state index contributed by atoms with van der Waals surface area (Å²) >= 11 is 0. The van der Waals surface area contributed by atoms with Crippen molar-refractivity contribution in [1.82, 2.24) is 4.98 Å². The Morgan fingerprint density at radius 3 is 1.60 bits per heavy atom. The summed E-state index contributed by atoms with van der Waals surface area (Å²) in [6.45, 7) is 0. The summed E-state index contributed by atoms with van der Waals surface area (Å²) in [5, 5.41) is 11.9. The van der Waals surface area contributed by atoms with Gasteiger partial charge in [-0.1, -0.05) is 12.1 Å². The summed E-state index contributed by atoms with van der Waals surface area (Å²) in [6.07, 6.45) is -12.4. The number of anilines is 1. The number of aromatic nitrogens is 1. The second-order valence-corrected chi connectivity index (χ2v) is 7.87. The van der Waals surface area contributed by atoms with Crippen molar-refractivity contribution in [1.29, 1.82) is 0 Å². The number of ether oxygens (including phenoxy) is 2. The van der Waals surface area contributed by atoms with Gasteiger partial charge in [-0.2, -0.15) is 26.3 Å². The number of hydrogen-bond acceptors (Lipinski definition) is 7. The van der Waals surface area contributed by atoms with Gasteiger partial charge in [0.25, 0.3) is 5.91 Å². The molecule has 0 spiro atoms. The van der Waals surface area contributed by atoms with Crippen LogP contribution in [0.4, 0.5) is 32.0 Å². The zero-order valence-corrected chi connectivity index (χ0v) is 19.7. The molecule has 2 N–H and O–H groups in total. The van der Waals surface area contributed by atoms with Gasteiger partial charge in [-0.05, 0) is 48.5 Å². The number of aliphatic carboxylic acids is 1. The number of carbonyl (C=O) groups excluding carboxylic acids is 3. The molecule has 0 fully saturated rings. The molecule has 2 aromatic carbocycles. The normalized spacial score (nSPS) is 13.1. The number of esters is 2. The van der Waals surface area contributed by atoms with Crippen LogP contribution >= 0.6 is 0 Å². The zero-order chi connectivity index (χ0) is 29.7. The number of carboxylic acid groups (broad SMARTS) is 1. The minimum atomic E-state index is -4.87. The lowest BCUT2D eigenvalue weighted by Gasteiger charge is -2.24. The van der Waals surface area contributed by atoms with E-state index in [4.69, 9.17) is 9.47 Å². The van der Waals surface area contributed by atoms with E-state index in [1.165, 1.54) is 24.5 Å². The number of alkyl halides is 6. The highest BCUT2D eigenvalue weighted by Gasteiger charge is 2.42. The molecule has 1 aromatic heterocycles. The van der Waals surface area contributed by atoms with Gasteiger partial charge in [0.2, 0.25) is 12.2 Å². The first-order chi connectivity index (χ1) is 18.7. The lowest BCUT2D eigenvalue weighted by molar-refractivity contribution is -0.157. The minimum absolute atomic E-state index is 0.00783. The summed E-state index contributed by atoms with van der Waals surface area (Å²) in [5.74, 6) is -6.68. The molecule has 0 aliphatic heterocycles. The molecular weight excluding hydrogens is 554 g/mol. The van der Waals surface area contributed by atoms with E-state index in [-0.39, 0.29) is 5.69 Å². The van der Waals surface area contributed by atoms with Crippen LogP contribution in [0.1, 0.15) is 31.8 Å². The second-order valence-electron chi connectivity index (χ2n) is 7.87. The predicted molar refractivity (Wildman–Crippen MR) is 122 cm³/mol. The number of benzene rings is 2. The number of nitrogens with one attached hydrogen (secondary N) is 1. The Labute approximate surface area is 220 Å². The van der Waals surface area contributed by atoms with E-state index in [1.54, 1.807) is 0 Å². The molecule has 3 rings (SSSR count). The van der Waals surface area contributed by atoms with E-state index in [0.717, 1.165) is 24.3 Å². The molecule has 0 aliphatic carbocycles. The summed E-state index contributed by atoms with van der Waals surface area (Å²) in [6, 6.07) is 7.96. The van der Waals surface area contributed by atoms with Gasteiger partial charge in [-0.25, -0.2) is 14.4 Å². The highest BCUT2D eigenvalue weighted by atomic mass is 19.4. The van der Waals surface area contributed by atoms with Crippen LogP contribution in [0.2, 0.25) is 0 Å². The SMILES string of the molecule is O=C(O[C@H](C(=O)O)[C@H](OC(=O)c1cccc(C(F)(F)F)c1)C(=O)Nc1ccncc1)c1cccc(C(F)(F)F)c1. The minimum Gasteiger partial charge on any atom is -0.478 e. The number of nitrogens with zero attached hydrogens (tertiary/aromatic N) is 1. The Kier molecular flexibility index (Phi) is 8.76. The quantitative estimate of drug-likeness (QED) is 0.297. The maximum atomic E-state index is 13.1. The van der Waals surface area contributed by atoms with Crippen LogP contribution in [-0.4, -0.2) is 46.1 Å². The van der Waals surface area contributed by atoms with Crippen molar-refractivity contribution in [2.24, 2.45) is 0 Å². The third kappa shape index (κ3) is 7.55. The third-order valence-electron chi connectivity index (χ3n) is 5.04. The molecule has 1 amide bonds. The van der Waals surface area contributed by atoms with E-state index >= 15 is 0 Å². The van der Waals surface area contributed by atoms with Crippen molar-refractivity contribution in [3.8, 4) is 0 Å². The molecular formula is C25H16F6N2O7. The van der Waals surface area contributed by atoms with Crippen molar-refractivity contribution >= 4 is 29.5 Å². The topological polar surface area (TPSA) is 132 Å². The molecule has 0 unspecified atom stereocenters. The lowest BCUT2D eigenvalue weighted by Crippen LogP contribution is -2.48. The number of carbonyl (C=O) groups is 4. The van der Waals surface area contributed by atoms with E-state index < -0.39 is 70.6 Å². The zero-order valence-electron chi connectivity index (χ0n) is 19.7. The van der Waals surface area contributed by atoms with Crippen LogP contribution in [0, 0.1) is 0 Å². The Balaban J connectivity index is 1.95. The summed E-state index contributed by atoms with van der Waals surface area (Å²) < 4.78 is 88.0. The summed E-state index contributed by atoms with van der Waals surface area (Å²) in [7, 11) is 0. The Morgan fingerprint density at radius 2 is 1.18 bits per heavy atom. The van der Waals surface area contributed by atoms with Crippen molar-refractivity contribution < 1.29 is 60.1 Å². The molecule has 0 saturated carbocycles. The van der Waals surface area contributed by atoms with Gasteiger partial charge in [0.05, 0.1) is 22.3 Å². The molecule has 1 heterocycles. The predicted octanol–water partition coefficient (Wildman–Crippen LogP) is 4.59. The fourth-order valence-electron chi connectivity index (χ4n) is 3.15. The van der Waals surface area contributed by atoms with E-state index in [2.05, 4.69) is 10.3 Å². The number of amides is 1. The molecule has 40 heavy (non-hydrogen) atoms. The molecule has 2 atom stereocenters. The number of carboxylic acids is 1. The van der Waals surface area contributed by atoms with Crippen molar-refractivity contribution in [2.45, 2.75) is 24.6 Å². The number of halogens is 6. The van der Waals surface area contributed by atoms with Crippen molar-refractivity contribution in [2.75, 3.05) is 5.32 Å². The largest absolute Gasteiger partial charge is 0.478 e. The monoisotopic (exact) mass is 570 g/mol. The van der Waals surface area contributed by atoms with Crippen molar-refractivity contribution in [3.63, 3.8) is 0 Å². The van der Waals surface area contributed by atoms with Crippen molar-refractivity contribution in [3.05, 3.63) is 95.3 Å². The third-order valence-corrected chi connectivity index (χ3v) is 5.04. The highest BCUT2D eigenvalue weighted by Crippen LogP contribution is 2.31. The first-order valence-electron chi connectivity index (χ1n) is 10.9. The first kappa shape index (κ1) is 29.6. The smallest absolute Gasteiger partial charge is 0.416 e. The van der Waals surface area contributed by atoms with Crippen LogP contribution in [0.15, 0.2) is 73.1 Å². The Hall–Kier alpha value is -4.95. The molecule has 15 heteroatoms. The molecule has 0 radical (unpaired) electrons. The average Bonchev–Trinajstić information content (AvgIpc) is 2.90. The van der Waals surface area contributed by atoms with Crippen LogP contribution < -0.4 is 5.32 Å². The molecule has 210 valence electrons. The van der Waals surface area contributed by atoms with E-state index in [9.17, 15) is 50.6 Å². The Morgan fingerprint density at radius 1 is 0.725 bits per heavy atom. The molecule has 3 aromatic rings. The van der Waals surface area contributed by atoms with Gasteiger partial charge < -0.3 is 19.9 Å². The summed E-state index contributed by atoms with van der Waals surface area (Å²) in [5.41, 5.74) is -4.00. The van der Waals surface area contributed by atoms with Crippen LogP contribution in [0.3, 0.4) is 0 Å². The number of rotatable bonds is 8. The van der Waals surface area contributed by atoms with Gasteiger partial charge in [0.15, 0.2) is 0 Å². The van der Waals surface area contributed by atoms with Crippen LogP contribution in [-0.2, 0) is 31.4 Å².